The van der Waals surface area contributed by atoms with Crippen molar-refractivity contribution in [2.45, 2.75) is 25.7 Å². The Morgan fingerprint density at radius 2 is 1.67 bits per heavy atom. The summed E-state index contributed by atoms with van der Waals surface area (Å²) in [5.74, 6) is 0.751. The SMILES string of the molecule is Brc1ccccc1.CC1CCc2cccc(Br)c21. The van der Waals surface area contributed by atoms with Crippen LogP contribution in [-0.4, -0.2) is 0 Å². The molecular weight excluding hydrogens is 352 g/mol. The highest BCUT2D eigenvalue weighted by Crippen LogP contribution is 2.37. The molecule has 0 amide bonds. The van der Waals surface area contributed by atoms with Crippen LogP contribution in [0.4, 0.5) is 0 Å². The standard InChI is InChI=1S/C10H11Br.C6H5Br/c1-7-5-6-8-3-2-4-9(11)10(7)8;7-6-4-2-1-3-5-6/h2-4,7H,5-6H2,1H3;1-5H. The highest BCUT2D eigenvalue weighted by atomic mass is 79.9. The van der Waals surface area contributed by atoms with Crippen LogP contribution in [0.1, 0.15) is 30.4 Å². The second-order valence-corrected chi connectivity index (χ2v) is 6.32. The molecule has 0 saturated heterocycles. The molecule has 18 heavy (non-hydrogen) atoms. The van der Waals surface area contributed by atoms with Crippen LogP contribution in [0.5, 0.6) is 0 Å². The zero-order chi connectivity index (χ0) is 13.0. The van der Waals surface area contributed by atoms with Crippen LogP contribution in [0.2, 0.25) is 0 Å². The fraction of sp³-hybridized carbons (Fsp3) is 0.250. The van der Waals surface area contributed by atoms with E-state index in [2.05, 4.69) is 57.0 Å². The third-order valence-corrected chi connectivity index (χ3v) is 4.44. The van der Waals surface area contributed by atoms with Gasteiger partial charge in [-0.3, -0.25) is 0 Å². The number of benzene rings is 2. The molecule has 0 spiro atoms. The summed E-state index contributed by atoms with van der Waals surface area (Å²) in [5, 5.41) is 0. The van der Waals surface area contributed by atoms with E-state index in [0.29, 0.717) is 0 Å². The quantitative estimate of drug-likeness (QED) is 0.539. The van der Waals surface area contributed by atoms with Gasteiger partial charge in [0.15, 0.2) is 0 Å². The van der Waals surface area contributed by atoms with Crippen molar-refractivity contribution in [3.05, 3.63) is 68.6 Å². The van der Waals surface area contributed by atoms with E-state index in [4.69, 9.17) is 0 Å². The van der Waals surface area contributed by atoms with Crippen molar-refractivity contribution in [2.75, 3.05) is 0 Å². The van der Waals surface area contributed by atoms with Crippen molar-refractivity contribution in [1.29, 1.82) is 0 Å². The third kappa shape index (κ3) is 3.46. The Kier molecular flexibility index (Phi) is 5.02. The lowest BCUT2D eigenvalue weighted by molar-refractivity contribution is 0.745. The zero-order valence-electron chi connectivity index (χ0n) is 10.4. The van der Waals surface area contributed by atoms with Gasteiger partial charge in [0.2, 0.25) is 0 Å². The molecule has 0 aliphatic heterocycles. The van der Waals surface area contributed by atoms with Gasteiger partial charge in [-0.1, -0.05) is 69.1 Å². The lowest BCUT2D eigenvalue weighted by Gasteiger charge is -2.05. The molecule has 1 atom stereocenters. The molecule has 3 rings (SSSR count). The van der Waals surface area contributed by atoms with Crippen molar-refractivity contribution in [3.63, 3.8) is 0 Å². The van der Waals surface area contributed by atoms with Gasteiger partial charge in [0, 0.05) is 8.95 Å². The van der Waals surface area contributed by atoms with Crippen molar-refractivity contribution in [2.24, 2.45) is 0 Å². The summed E-state index contributed by atoms with van der Waals surface area (Å²) < 4.78 is 2.43. The van der Waals surface area contributed by atoms with Crippen molar-refractivity contribution >= 4 is 31.9 Å². The molecule has 2 aromatic rings. The Morgan fingerprint density at radius 3 is 2.22 bits per heavy atom. The Bertz CT molecular complexity index is 506. The fourth-order valence-electron chi connectivity index (χ4n) is 2.28. The first kappa shape index (κ1) is 13.8. The third-order valence-electron chi connectivity index (χ3n) is 3.22. The maximum atomic E-state index is 3.59. The van der Waals surface area contributed by atoms with E-state index in [9.17, 15) is 0 Å². The van der Waals surface area contributed by atoms with Crippen LogP contribution < -0.4 is 0 Å². The maximum Gasteiger partial charge on any atom is 0.0212 e. The molecule has 1 aliphatic carbocycles. The molecule has 94 valence electrons. The number of rotatable bonds is 0. The van der Waals surface area contributed by atoms with E-state index in [0.717, 1.165) is 10.4 Å². The Hall–Kier alpha value is -0.600. The van der Waals surface area contributed by atoms with Gasteiger partial charge in [-0.25, -0.2) is 0 Å². The van der Waals surface area contributed by atoms with Crippen LogP contribution in [0, 0.1) is 0 Å². The summed E-state index contributed by atoms with van der Waals surface area (Å²) in [6.07, 6.45) is 2.58. The molecule has 0 bridgehead atoms. The molecule has 2 heteroatoms. The lowest BCUT2D eigenvalue weighted by Crippen LogP contribution is -1.87. The molecule has 0 fully saturated rings. The minimum absolute atomic E-state index is 0.751. The van der Waals surface area contributed by atoms with E-state index in [1.807, 2.05) is 30.3 Å². The summed E-state index contributed by atoms with van der Waals surface area (Å²) in [4.78, 5) is 0. The normalized spacial score (nSPS) is 16.7. The molecule has 0 aromatic heterocycles. The van der Waals surface area contributed by atoms with E-state index in [1.54, 1.807) is 0 Å². The summed E-state index contributed by atoms with van der Waals surface area (Å²) in [7, 11) is 0. The molecule has 1 unspecified atom stereocenters. The second kappa shape index (κ2) is 6.53. The first-order valence-electron chi connectivity index (χ1n) is 6.16. The summed E-state index contributed by atoms with van der Waals surface area (Å²) in [6.45, 7) is 2.30. The molecule has 0 N–H and O–H groups in total. The first-order valence-corrected chi connectivity index (χ1v) is 7.75. The van der Waals surface area contributed by atoms with Crippen molar-refractivity contribution < 1.29 is 0 Å². The zero-order valence-corrected chi connectivity index (χ0v) is 13.5. The number of hydrogen-bond acceptors (Lipinski definition) is 0. The van der Waals surface area contributed by atoms with Crippen LogP contribution in [-0.2, 0) is 6.42 Å². The second-order valence-electron chi connectivity index (χ2n) is 4.55. The minimum Gasteiger partial charge on any atom is -0.0622 e. The highest BCUT2D eigenvalue weighted by Gasteiger charge is 2.19. The Balaban J connectivity index is 0.000000149. The first-order chi connectivity index (χ1) is 8.68. The Labute approximate surface area is 126 Å². The average Bonchev–Trinajstić information content (AvgIpc) is 2.74. The molecule has 0 saturated carbocycles. The summed E-state index contributed by atoms with van der Waals surface area (Å²) in [6, 6.07) is 16.5. The predicted octanol–water partition coefficient (Wildman–Crippen LogP) is 5.95. The monoisotopic (exact) mass is 366 g/mol. The molecule has 0 nitrogen and oxygen atoms in total. The van der Waals surface area contributed by atoms with Gasteiger partial charge in [0.1, 0.15) is 0 Å². The van der Waals surface area contributed by atoms with Gasteiger partial charge in [-0.15, -0.1) is 0 Å². The van der Waals surface area contributed by atoms with E-state index in [-0.39, 0.29) is 0 Å². The molecule has 0 heterocycles. The van der Waals surface area contributed by atoms with Crippen molar-refractivity contribution in [3.8, 4) is 0 Å². The topological polar surface area (TPSA) is 0 Å². The van der Waals surface area contributed by atoms with Crippen LogP contribution in [0.25, 0.3) is 0 Å². The van der Waals surface area contributed by atoms with Gasteiger partial charge < -0.3 is 0 Å². The average molecular weight is 368 g/mol. The van der Waals surface area contributed by atoms with E-state index >= 15 is 0 Å². The van der Waals surface area contributed by atoms with E-state index in [1.165, 1.54) is 28.4 Å². The highest BCUT2D eigenvalue weighted by molar-refractivity contribution is 9.10. The lowest BCUT2D eigenvalue weighted by atomic mass is 10.0. The fourth-order valence-corrected chi connectivity index (χ4v) is 3.39. The van der Waals surface area contributed by atoms with E-state index < -0.39 is 0 Å². The largest absolute Gasteiger partial charge is 0.0622 e. The summed E-state index contributed by atoms with van der Waals surface area (Å²) in [5.41, 5.74) is 3.07. The van der Waals surface area contributed by atoms with Gasteiger partial charge >= 0.3 is 0 Å². The van der Waals surface area contributed by atoms with Gasteiger partial charge in [-0.05, 0) is 48.1 Å². The Morgan fingerprint density at radius 1 is 0.944 bits per heavy atom. The molecule has 1 aliphatic rings. The molecule has 0 radical (unpaired) electrons. The van der Waals surface area contributed by atoms with Gasteiger partial charge in [0.25, 0.3) is 0 Å². The minimum atomic E-state index is 0.751. The molecule has 2 aromatic carbocycles. The van der Waals surface area contributed by atoms with Crippen LogP contribution in [0.15, 0.2) is 57.5 Å². The smallest absolute Gasteiger partial charge is 0.0212 e. The van der Waals surface area contributed by atoms with Gasteiger partial charge in [0.05, 0.1) is 0 Å². The number of fused-ring (bicyclic) bond motifs is 1. The number of halogens is 2. The van der Waals surface area contributed by atoms with Gasteiger partial charge in [-0.2, -0.15) is 0 Å². The van der Waals surface area contributed by atoms with Crippen molar-refractivity contribution in [1.82, 2.24) is 0 Å². The maximum absolute atomic E-state index is 3.59. The number of hydrogen-bond donors (Lipinski definition) is 0. The van der Waals surface area contributed by atoms with Crippen LogP contribution in [0.3, 0.4) is 0 Å². The predicted molar refractivity (Wildman–Crippen MR) is 85.0 cm³/mol. The van der Waals surface area contributed by atoms with Crippen LogP contribution >= 0.6 is 31.9 Å². The molecular formula is C16H16Br2. The summed E-state index contributed by atoms with van der Waals surface area (Å²) >= 11 is 6.90. The number of aryl methyl sites for hydroxylation is 1.